The number of ether oxygens (including phenoxy) is 3. The number of hydrogen-bond acceptors (Lipinski definition) is 6. The molecule has 3 aromatic rings. The fraction of sp³-hybridized carbons (Fsp3) is 0.136. The lowest BCUT2D eigenvalue weighted by Crippen LogP contribution is -2.13. The third kappa shape index (κ3) is 4.54. The van der Waals surface area contributed by atoms with Gasteiger partial charge in [-0.15, -0.1) is 0 Å². The van der Waals surface area contributed by atoms with E-state index in [1.54, 1.807) is 30.3 Å². The van der Waals surface area contributed by atoms with Crippen LogP contribution in [0.1, 0.15) is 16.1 Å². The molecule has 1 heterocycles. The van der Waals surface area contributed by atoms with Gasteiger partial charge in [-0.05, 0) is 36.4 Å². The summed E-state index contributed by atoms with van der Waals surface area (Å²) in [6.07, 6.45) is 2.79. The summed E-state index contributed by atoms with van der Waals surface area (Å²) < 4.78 is 15.3. The van der Waals surface area contributed by atoms with E-state index in [-0.39, 0.29) is 11.3 Å². The molecule has 0 unspecified atom stereocenters. The van der Waals surface area contributed by atoms with Gasteiger partial charge >= 0.3 is 5.97 Å². The van der Waals surface area contributed by atoms with Crippen molar-refractivity contribution in [3.8, 4) is 11.5 Å². The number of fused-ring (bicyclic) bond motifs is 1. The first-order chi connectivity index (χ1) is 13.6. The van der Waals surface area contributed by atoms with E-state index in [2.05, 4.69) is 4.98 Å². The van der Waals surface area contributed by atoms with Crippen molar-refractivity contribution in [2.45, 2.75) is 0 Å². The predicted octanol–water partition coefficient (Wildman–Crippen LogP) is 3.69. The summed E-state index contributed by atoms with van der Waals surface area (Å²) >= 11 is 0. The fourth-order valence-corrected chi connectivity index (χ4v) is 2.62. The van der Waals surface area contributed by atoms with E-state index >= 15 is 0 Å². The zero-order valence-corrected chi connectivity index (χ0v) is 15.5. The van der Waals surface area contributed by atoms with Crippen molar-refractivity contribution in [2.24, 2.45) is 0 Å². The van der Waals surface area contributed by atoms with Crippen LogP contribution in [0.25, 0.3) is 17.0 Å². The first kappa shape index (κ1) is 19.1. The largest absolute Gasteiger partial charge is 0.497 e. The average molecular weight is 377 g/mol. The van der Waals surface area contributed by atoms with Gasteiger partial charge in [-0.2, -0.15) is 0 Å². The molecule has 6 nitrogen and oxygen atoms in total. The number of benzene rings is 2. The van der Waals surface area contributed by atoms with E-state index in [4.69, 9.17) is 14.2 Å². The van der Waals surface area contributed by atoms with Gasteiger partial charge in [-0.1, -0.05) is 24.3 Å². The van der Waals surface area contributed by atoms with E-state index in [9.17, 15) is 9.59 Å². The van der Waals surface area contributed by atoms with Crippen LogP contribution in [0.2, 0.25) is 0 Å². The summed E-state index contributed by atoms with van der Waals surface area (Å²) in [7, 11) is 2.96. The number of pyridine rings is 1. The monoisotopic (exact) mass is 377 g/mol. The van der Waals surface area contributed by atoms with Crippen LogP contribution in [0.15, 0.2) is 60.7 Å². The molecular formula is C22H19NO5. The van der Waals surface area contributed by atoms with E-state index in [0.29, 0.717) is 17.2 Å². The van der Waals surface area contributed by atoms with Crippen LogP contribution < -0.4 is 9.47 Å². The lowest BCUT2D eigenvalue weighted by molar-refractivity contribution is -0.136. The number of aromatic nitrogens is 1. The first-order valence-electron chi connectivity index (χ1n) is 8.56. The number of rotatable bonds is 7. The molecule has 0 bridgehead atoms. The van der Waals surface area contributed by atoms with Crippen molar-refractivity contribution in [1.29, 1.82) is 0 Å². The number of carbonyl (C=O) groups is 2. The highest BCUT2D eigenvalue weighted by atomic mass is 16.5. The van der Waals surface area contributed by atoms with Gasteiger partial charge in [-0.3, -0.25) is 4.79 Å². The molecule has 0 spiro atoms. The van der Waals surface area contributed by atoms with Crippen molar-refractivity contribution >= 4 is 28.7 Å². The van der Waals surface area contributed by atoms with E-state index in [0.717, 1.165) is 10.9 Å². The normalized spacial score (nSPS) is 10.8. The number of ketones is 1. The van der Waals surface area contributed by atoms with Gasteiger partial charge in [0.2, 0.25) is 5.78 Å². The van der Waals surface area contributed by atoms with E-state index in [1.807, 2.05) is 30.3 Å². The van der Waals surface area contributed by atoms with Crippen LogP contribution in [0, 0.1) is 0 Å². The smallest absolute Gasteiger partial charge is 0.331 e. The minimum Gasteiger partial charge on any atom is -0.497 e. The minimum absolute atomic E-state index is 0.287. The Balaban J connectivity index is 1.63. The maximum atomic E-state index is 12.4. The SMILES string of the molecule is COc1ccc(OC)c(C(=O)COC(=O)/C=C/c2ccc3ccccc3n2)c1. The summed E-state index contributed by atoms with van der Waals surface area (Å²) in [5, 5.41) is 1.01. The highest BCUT2D eigenvalue weighted by molar-refractivity contribution is 6.01. The summed E-state index contributed by atoms with van der Waals surface area (Å²) in [4.78, 5) is 28.8. The molecule has 0 N–H and O–H groups in total. The van der Waals surface area contributed by atoms with Gasteiger partial charge in [0, 0.05) is 11.5 Å². The molecule has 0 fully saturated rings. The Bertz CT molecular complexity index is 1040. The molecule has 0 aliphatic rings. The van der Waals surface area contributed by atoms with Crippen LogP contribution in [-0.2, 0) is 9.53 Å². The summed E-state index contributed by atoms with van der Waals surface area (Å²) in [6, 6.07) is 16.3. The van der Waals surface area contributed by atoms with Gasteiger partial charge < -0.3 is 14.2 Å². The molecule has 0 aliphatic carbocycles. The number of nitrogens with zero attached hydrogens (tertiary/aromatic N) is 1. The second kappa shape index (κ2) is 8.81. The van der Waals surface area contributed by atoms with Gasteiger partial charge in [-0.25, -0.2) is 9.78 Å². The number of carbonyl (C=O) groups excluding carboxylic acids is 2. The Morgan fingerprint density at radius 1 is 1.00 bits per heavy atom. The molecule has 0 aliphatic heterocycles. The van der Waals surface area contributed by atoms with Gasteiger partial charge in [0.25, 0.3) is 0 Å². The molecule has 1 aromatic heterocycles. The highest BCUT2D eigenvalue weighted by Gasteiger charge is 2.15. The predicted molar refractivity (Wildman–Crippen MR) is 106 cm³/mol. The number of para-hydroxylation sites is 1. The number of hydrogen-bond donors (Lipinski definition) is 0. The maximum Gasteiger partial charge on any atom is 0.331 e. The minimum atomic E-state index is -0.634. The van der Waals surface area contributed by atoms with Gasteiger partial charge in [0.1, 0.15) is 11.5 Å². The molecule has 0 radical (unpaired) electrons. The van der Waals surface area contributed by atoms with E-state index < -0.39 is 12.6 Å². The molecule has 2 aromatic carbocycles. The highest BCUT2D eigenvalue weighted by Crippen LogP contribution is 2.24. The lowest BCUT2D eigenvalue weighted by Gasteiger charge is -2.09. The van der Waals surface area contributed by atoms with Crippen LogP contribution >= 0.6 is 0 Å². The molecule has 6 heteroatoms. The second-order valence-corrected chi connectivity index (χ2v) is 5.86. The van der Waals surface area contributed by atoms with Gasteiger partial charge in [0.05, 0.1) is 31.0 Å². The molecule has 3 rings (SSSR count). The molecular weight excluding hydrogens is 358 g/mol. The zero-order chi connectivity index (χ0) is 19.9. The standard InChI is InChI=1S/C22H19NO5/c1-26-17-10-11-21(27-2)18(13-17)20(24)14-28-22(25)12-9-16-8-7-15-5-3-4-6-19(15)23-16/h3-13H,14H2,1-2H3/b12-9+. The number of methoxy groups -OCH3 is 2. The average Bonchev–Trinajstić information content (AvgIpc) is 2.75. The lowest BCUT2D eigenvalue weighted by atomic mass is 10.1. The molecule has 0 saturated heterocycles. The number of esters is 1. The first-order valence-corrected chi connectivity index (χ1v) is 8.56. The van der Waals surface area contributed by atoms with Crippen LogP contribution in [0.5, 0.6) is 11.5 Å². The van der Waals surface area contributed by atoms with Crippen LogP contribution in [0.3, 0.4) is 0 Å². The Morgan fingerprint density at radius 2 is 1.82 bits per heavy atom. The van der Waals surface area contributed by atoms with Crippen LogP contribution in [0.4, 0.5) is 0 Å². The van der Waals surface area contributed by atoms with E-state index in [1.165, 1.54) is 20.3 Å². The quantitative estimate of drug-likeness (QED) is 0.355. The van der Waals surface area contributed by atoms with Crippen molar-refractivity contribution in [1.82, 2.24) is 4.98 Å². The summed E-state index contributed by atoms with van der Waals surface area (Å²) in [5.41, 5.74) is 1.74. The molecule has 142 valence electrons. The summed E-state index contributed by atoms with van der Waals surface area (Å²) in [5.74, 6) is -0.123. The Labute approximate surface area is 162 Å². The molecule has 0 atom stereocenters. The third-order valence-corrected chi connectivity index (χ3v) is 4.06. The van der Waals surface area contributed by atoms with Crippen molar-refractivity contribution in [3.63, 3.8) is 0 Å². The molecule has 28 heavy (non-hydrogen) atoms. The van der Waals surface area contributed by atoms with Crippen molar-refractivity contribution in [2.75, 3.05) is 20.8 Å². The second-order valence-electron chi connectivity index (χ2n) is 5.86. The topological polar surface area (TPSA) is 74.7 Å². The molecule has 0 amide bonds. The Kier molecular flexibility index (Phi) is 6.01. The van der Waals surface area contributed by atoms with Crippen molar-refractivity contribution in [3.05, 3.63) is 71.9 Å². The maximum absolute atomic E-state index is 12.4. The number of Topliss-reactive ketones (excluding diaryl/α,β-unsaturated/α-hetero) is 1. The molecule has 0 saturated carbocycles. The van der Waals surface area contributed by atoms with Crippen molar-refractivity contribution < 1.29 is 23.8 Å². The Hall–Kier alpha value is -3.67. The third-order valence-electron chi connectivity index (χ3n) is 4.06. The van der Waals surface area contributed by atoms with Gasteiger partial charge in [0.15, 0.2) is 6.61 Å². The fourth-order valence-electron chi connectivity index (χ4n) is 2.62. The summed E-state index contributed by atoms with van der Waals surface area (Å²) in [6.45, 7) is -0.405. The zero-order valence-electron chi connectivity index (χ0n) is 15.5. The Morgan fingerprint density at radius 3 is 2.61 bits per heavy atom. The van der Waals surface area contributed by atoms with Crippen LogP contribution in [-0.4, -0.2) is 37.6 Å².